The molecule has 0 heterocycles. The van der Waals surface area contributed by atoms with Gasteiger partial charge in [-0.05, 0) is 43.2 Å². The Hall–Kier alpha value is -3.23. The van der Waals surface area contributed by atoms with E-state index in [2.05, 4.69) is 5.32 Å². The summed E-state index contributed by atoms with van der Waals surface area (Å²) in [6, 6.07) is 9.89. The number of nitrogens with one attached hydrogen (secondary N) is 1. The first-order valence-electron chi connectivity index (χ1n) is 10.9. The van der Waals surface area contributed by atoms with E-state index >= 15 is 0 Å². The first-order chi connectivity index (χ1) is 16.7. The van der Waals surface area contributed by atoms with E-state index in [4.69, 9.17) is 4.74 Å². The van der Waals surface area contributed by atoms with E-state index < -0.39 is 25.0 Å². The van der Waals surface area contributed by atoms with Gasteiger partial charge in [0, 0.05) is 39.2 Å². The van der Waals surface area contributed by atoms with Crippen molar-refractivity contribution in [3.63, 3.8) is 0 Å². The predicted octanol–water partition coefficient (Wildman–Crippen LogP) is 1.89. The molecule has 2 rings (SSSR count). The van der Waals surface area contributed by atoms with E-state index in [1.54, 1.807) is 6.92 Å². The molecule has 0 aliphatic carbocycles. The van der Waals surface area contributed by atoms with E-state index in [1.807, 2.05) is 0 Å². The van der Waals surface area contributed by atoms with E-state index in [0.29, 0.717) is 11.3 Å². The van der Waals surface area contributed by atoms with E-state index in [-0.39, 0.29) is 54.7 Å². The number of rotatable bonds is 13. The van der Waals surface area contributed by atoms with Gasteiger partial charge in [0.15, 0.2) is 0 Å². The molecule has 1 N–H and O–H groups in total. The summed E-state index contributed by atoms with van der Waals surface area (Å²) in [5.74, 6) is 0.133. The number of nitro benzene ring substituents is 1. The van der Waals surface area contributed by atoms with Crippen molar-refractivity contribution in [2.75, 3.05) is 44.4 Å². The number of amides is 1. The number of aryl methyl sites for hydroxylation is 1. The summed E-state index contributed by atoms with van der Waals surface area (Å²) in [6.07, 6.45) is 1.24. The maximum atomic E-state index is 12.3. The lowest BCUT2D eigenvalue weighted by atomic mass is 10.1. The van der Waals surface area contributed by atoms with Crippen molar-refractivity contribution in [1.29, 1.82) is 0 Å². The number of non-ortho nitro benzene ring substituents is 1. The van der Waals surface area contributed by atoms with Crippen LogP contribution in [-0.4, -0.2) is 72.0 Å². The predicted molar refractivity (Wildman–Crippen MR) is 135 cm³/mol. The van der Waals surface area contributed by atoms with Gasteiger partial charge in [0.25, 0.3) is 5.69 Å². The lowest BCUT2D eigenvalue weighted by molar-refractivity contribution is -0.384. The quantitative estimate of drug-likeness (QED) is 0.228. The zero-order valence-corrected chi connectivity index (χ0v) is 22.1. The fraction of sp³-hybridized carbons (Fsp3) is 0.409. The number of ether oxygens (including phenoxy) is 1. The standard InChI is InChI=1S/C22H30N4O8S2/c1-17-7-8-18(26(28)29)16-21(17)25(35(4,30)31)14-5-6-22(27)23-13-15-34-19-9-11-20(12-10-19)36(32,33)24(2)3/h7-12,16H,5-6,13-15H2,1-4H3,(H,23,27). The maximum Gasteiger partial charge on any atom is 0.271 e. The first kappa shape index (κ1) is 29.0. The number of carbonyl (C=O) groups is 1. The SMILES string of the molecule is Cc1ccc([N+](=O)[O-])cc1N(CCCC(=O)NCCOc1ccc(S(=O)(=O)N(C)C)cc1)S(C)(=O)=O. The molecule has 0 saturated heterocycles. The fourth-order valence-corrected chi connectivity index (χ4v) is 5.11. The van der Waals surface area contributed by atoms with Crippen LogP contribution in [0.5, 0.6) is 5.75 Å². The Morgan fingerprint density at radius 1 is 1.08 bits per heavy atom. The van der Waals surface area contributed by atoms with Gasteiger partial charge in [0.05, 0.1) is 28.3 Å². The van der Waals surface area contributed by atoms with Crippen molar-refractivity contribution < 1.29 is 31.3 Å². The van der Waals surface area contributed by atoms with Gasteiger partial charge >= 0.3 is 0 Å². The third kappa shape index (κ3) is 7.90. The summed E-state index contributed by atoms with van der Waals surface area (Å²) < 4.78 is 56.4. The van der Waals surface area contributed by atoms with Crippen LogP contribution in [0.2, 0.25) is 0 Å². The van der Waals surface area contributed by atoms with Crippen LogP contribution in [0.1, 0.15) is 18.4 Å². The van der Waals surface area contributed by atoms with Gasteiger partial charge in [-0.15, -0.1) is 0 Å². The molecule has 0 aromatic heterocycles. The van der Waals surface area contributed by atoms with Crippen LogP contribution in [0, 0.1) is 17.0 Å². The molecule has 0 aliphatic heterocycles. The molecule has 14 heteroatoms. The number of nitro groups is 1. The van der Waals surface area contributed by atoms with Crippen LogP contribution < -0.4 is 14.4 Å². The van der Waals surface area contributed by atoms with Gasteiger partial charge in [0.1, 0.15) is 12.4 Å². The molecule has 198 valence electrons. The third-order valence-electron chi connectivity index (χ3n) is 5.13. The van der Waals surface area contributed by atoms with Crippen molar-refractivity contribution in [2.24, 2.45) is 0 Å². The molecule has 2 aromatic rings. The fourth-order valence-electron chi connectivity index (χ4n) is 3.19. The molecule has 0 spiro atoms. The molecule has 12 nitrogen and oxygen atoms in total. The minimum Gasteiger partial charge on any atom is -0.492 e. The molecular weight excluding hydrogens is 512 g/mol. The average molecular weight is 543 g/mol. The number of benzene rings is 2. The zero-order valence-electron chi connectivity index (χ0n) is 20.5. The van der Waals surface area contributed by atoms with Crippen LogP contribution in [0.15, 0.2) is 47.4 Å². The van der Waals surface area contributed by atoms with Crippen LogP contribution in [0.25, 0.3) is 0 Å². The zero-order chi connectivity index (χ0) is 27.1. The Morgan fingerprint density at radius 3 is 2.28 bits per heavy atom. The third-order valence-corrected chi connectivity index (χ3v) is 8.14. The molecule has 0 fully saturated rings. The summed E-state index contributed by atoms with van der Waals surface area (Å²) >= 11 is 0. The first-order valence-corrected chi connectivity index (χ1v) is 14.2. The highest BCUT2D eigenvalue weighted by Crippen LogP contribution is 2.27. The Labute approximate surface area is 211 Å². The molecule has 0 saturated carbocycles. The summed E-state index contributed by atoms with van der Waals surface area (Å²) in [5, 5.41) is 13.8. The Balaban J connectivity index is 1.84. The molecule has 0 radical (unpaired) electrons. The molecule has 36 heavy (non-hydrogen) atoms. The summed E-state index contributed by atoms with van der Waals surface area (Å²) in [5.41, 5.74) is 0.529. The smallest absolute Gasteiger partial charge is 0.271 e. The number of hydrogen-bond acceptors (Lipinski definition) is 8. The molecule has 0 aliphatic rings. The van der Waals surface area contributed by atoms with Gasteiger partial charge in [-0.25, -0.2) is 21.1 Å². The van der Waals surface area contributed by atoms with Crippen LogP contribution in [0.3, 0.4) is 0 Å². The van der Waals surface area contributed by atoms with Crippen molar-refractivity contribution >= 4 is 37.3 Å². The lowest BCUT2D eigenvalue weighted by Gasteiger charge is -2.24. The second-order valence-electron chi connectivity index (χ2n) is 8.12. The maximum absolute atomic E-state index is 12.3. The van der Waals surface area contributed by atoms with Gasteiger partial charge in [-0.1, -0.05) is 6.07 Å². The minimum atomic E-state index is -3.73. The minimum absolute atomic E-state index is 0.0209. The lowest BCUT2D eigenvalue weighted by Crippen LogP contribution is -2.33. The Bertz CT molecular complexity index is 1290. The highest BCUT2D eigenvalue weighted by molar-refractivity contribution is 7.92. The van der Waals surface area contributed by atoms with E-state index in [9.17, 15) is 31.7 Å². The summed E-state index contributed by atoms with van der Waals surface area (Å²) in [4.78, 5) is 22.8. The largest absolute Gasteiger partial charge is 0.492 e. The van der Waals surface area contributed by atoms with Crippen LogP contribution in [0.4, 0.5) is 11.4 Å². The molecule has 0 unspecified atom stereocenters. The summed E-state index contributed by atoms with van der Waals surface area (Å²) in [7, 11) is -4.38. The highest BCUT2D eigenvalue weighted by atomic mass is 32.2. The Kier molecular flexibility index (Phi) is 9.78. The molecular formula is C22H30N4O8S2. The molecule has 1 amide bonds. The van der Waals surface area contributed by atoms with Gasteiger partial charge in [-0.2, -0.15) is 0 Å². The number of carbonyl (C=O) groups excluding carboxylic acids is 1. The van der Waals surface area contributed by atoms with Gasteiger partial charge in [-0.3, -0.25) is 19.2 Å². The normalized spacial score (nSPS) is 11.8. The highest BCUT2D eigenvalue weighted by Gasteiger charge is 2.22. The molecule has 0 bridgehead atoms. The topological polar surface area (TPSA) is 156 Å². The number of nitrogens with zero attached hydrogens (tertiary/aromatic N) is 3. The monoisotopic (exact) mass is 542 g/mol. The average Bonchev–Trinajstić information content (AvgIpc) is 2.79. The molecule has 0 atom stereocenters. The van der Waals surface area contributed by atoms with Gasteiger partial charge in [0.2, 0.25) is 26.0 Å². The second kappa shape index (κ2) is 12.1. The second-order valence-corrected chi connectivity index (χ2v) is 12.2. The number of anilines is 1. The van der Waals surface area contributed by atoms with E-state index in [0.717, 1.165) is 14.9 Å². The van der Waals surface area contributed by atoms with Crippen molar-refractivity contribution in [3.8, 4) is 5.75 Å². The van der Waals surface area contributed by atoms with Crippen molar-refractivity contribution in [2.45, 2.75) is 24.7 Å². The number of sulfonamides is 2. The van der Waals surface area contributed by atoms with Gasteiger partial charge < -0.3 is 10.1 Å². The molecule has 2 aromatic carbocycles. The number of hydrogen-bond donors (Lipinski definition) is 1. The summed E-state index contributed by atoms with van der Waals surface area (Å²) in [6.45, 7) is 1.97. The Morgan fingerprint density at radius 2 is 1.72 bits per heavy atom. The van der Waals surface area contributed by atoms with Crippen molar-refractivity contribution in [1.82, 2.24) is 9.62 Å². The van der Waals surface area contributed by atoms with E-state index in [1.165, 1.54) is 56.6 Å². The van der Waals surface area contributed by atoms with Crippen LogP contribution in [-0.2, 0) is 24.8 Å². The van der Waals surface area contributed by atoms with Crippen LogP contribution >= 0.6 is 0 Å². The van der Waals surface area contributed by atoms with Crippen molar-refractivity contribution in [3.05, 3.63) is 58.1 Å².